The molecule has 1 aromatic carbocycles. The Kier molecular flexibility index (Phi) is 6.57. The van der Waals surface area contributed by atoms with E-state index in [0.29, 0.717) is 31.0 Å². The Morgan fingerprint density at radius 2 is 1.88 bits per heavy atom. The van der Waals surface area contributed by atoms with Gasteiger partial charge < -0.3 is 14.6 Å². The molecule has 0 saturated carbocycles. The first-order valence-corrected chi connectivity index (χ1v) is 9.90. The van der Waals surface area contributed by atoms with Crippen molar-refractivity contribution in [2.45, 2.75) is 43.0 Å². The van der Waals surface area contributed by atoms with Crippen LogP contribution in [0.15, 0.2) is 47.9 Å². The van der Waals surface area contributed by atoms with E-state index in [-0.39, 0.29) is 18.1 Å². The van der Waals surface area contributed by atoms with Gasteiger partial charge in [-0.2, -0.15) is 0 Å². The van der Waals surface area contributed by atoms with Crippen molar-refractivity contribution < 1.29 is 23.0 Å². The van der Waals surface area contributed by atoms with Crippen LogP contribution in [0.25, 0.3) is 0 Å². The number of ether oxygens (including phenoxy) is 2. The lowest BCUT2D eigenvalue weighted by Gasteiger charge is -2.29. The molecule has 0 bridgehead atoms. The van der Waals surface area contributed by atoms with E-state index in [1.54, 1.807) is 36.4 Å². The summed E-state index contributed by atoms with van der Waals surface area (Å²) >= 11 is 0. The van der Waals surface area contributed by atoms with Crippen LogP contribution in [0.2, 0.25) is 0 Å². The van der Waals surface area contributed by atoms with Gasteiger partial charge in [-0.15, -0.1) is 6.58 Å². The van der Waals surface area contributed by atoms with Gasteiger partial charge in [0.15, 0.2) is 15.6 Å². The van der Waals surface area contributed by atoms with Crippen molar-refractivity contribution in [3.63, 3.8) is 0 Å². The molecule has 1 aromatic rings. The molecule has 0 aromatic heterocycles. The molecule has 0 radical (unpaired) electrons. The van der Waals surface area contributed by atoms with E-state index >= 15 is 0 Å². The first kappa shape index (κ1) is 19.1. The van der Waals surface area contributed by atoms with Gasteiger partial charge in [-0.1, -0.05) is 31.2 Å². The summed E-state index contributed by atoms with van der Waals surface area (Å²) in [4.78, 5) is 0.304. The van der Waals surface area contributed by atoms with E-state index in [1.807, 2.05) is 6.92 Å². The van der Waals surface area contributed by atoms with Gasteiger partial charge in [0.1, 0.15) is 0 Å². The highest BCUT2D eigenvalue weighted by Crippen LogP contribution is 2.31. The SMILES string of the molecule is C=C[C@H](C)[C@@H](O)CCC1(CCS(=O)(=O)c2ccccc2)OCCO1. The van der Waals surface area contributed by atoms with Crippen molar-refractivity contribution in [2.75, 3.05) is 19.0 Å². The second-order valence-electron chi connectivity index (χ2n) is 6.19. The molecule has 2 atom stereocenters. The third-order valence-corrected chi connectivity index (χ3v) is 6.20. The zero-order valence-corrected chi connectivity index (χ0v) is 14.9. The van der Waals surface area contributed by atoms with Crippen molar-refractivity contribution in [1.29, 1.82) is 0 Å². The summed E-state index contributed by atoms with van der Waals surface area (Å²) in [6, 6.07) is 8.38. The van der Waals surface area contributed by atoms with Crippen LogP contribution in [0.5, 0.6) is 0 Å². The van der Waals surface area contributed by atoms with E-state index in [0.717, 1.165) is 0 Å². The fourth-order valence-corrected chi connectivity index (χ4v) is 4.12. The predicted octanol–water partition coefficient (Wildman–Crippen LogP) is 2.56. The molecule has 5 nitrogen and oxygen atoms in total. The van der Waals surface area contributed by atoms with Gasteiger partial charge in [-0.3, -0.25) is 0 Å². The lowest BCUT2D eigenvalue weighted by molar-refractivity contribution is -0.167. The molecule has 1 aliphatic heterocycles. The van der Waals surface area contributed by atoms with Crippen LogP contribution in [0, 0.1) is 5.92 Å². The normalized spacial score (nSPS) is 19.8. The number of aliphatic hydroxyl groups is 1. The second kappa shape index (κ2) is 8.25. The zero-order chi connectivity index (χ0) is 17.6. The summed E-state index contributed by atoms with van der Waals surface area (Å²) in [6.07, 6.45) is 2.33. The molecule has 0 aliphatic carbocycles. The molecule has 1 N–H and O–H groups in total. The molecule has 1 fully saturated rings. The fourth-order valence-electron chi connectivity index (χ4n) is 2.73. The van der Waals surface area contributed by atoms with Gasteiger partial charge in [-0.25, -0.2) is 8.42 Å². The highest BCUT2D eigenvalue weighted by atomic mass is 32.2. The Bertz CT molecular complexity index is 620. The zero-order valence-electron chi connectivity index (χ0n) is 14.1. The number of sulfone groups is 1. The maximum Gasteiger partial charge on any atom is 0.178 e. The van der Waals surface area contributed by atoms with Crippen molar-refractivity contribution in [3.8, 4) is 0 Å². The Labute approximate surface area is 144 Å². The second-order valence-corrected chi connectivity index (χ2v) is 8.30. The quantitative estimate of drug-likeness (QED) is 0.690. The van der Waals surface area contributed by atoms with Crippen LogP contribution in [0.1, 0.15) is 26.2 Å². The minimum absolute atomic E-state index is 0.0310. The third-order valence-electron chi connectivity index (χ3n) is 4.47. The molecule has 2 rings (SSSR count). The topological polar surface area (TPSA) is 72.8 Å². The molecule has 24 heavy (non-hydrogen) atoms. The number of aliphatic hydroxyl groups excluding tert-OH is 1. The van der Waals surface area contributed by atoms with Crippen LogP contribution in [0.4, 0.5) is 0 Å². The van der Waals surface area contributed by atoms with Crippen LogP contribution >= 0.6 is 0 Å². The molecule has 6 heteroatoms. The molecule has 0 amide bonds. The minimum atomic E-state index is -3.38. The molecule has 134 valence electrons. The fraction of sp³-hybridized carbons (Fsp3) is 0.556. The molecule has 0 spiro atoms. The lowest BCUT2D eigenvalue weighted by Crippen LogP contribution is -2.34. The standard InChI is InChI=1S/C18H26O5S/c1-3-15(2)17(19)9-10-18(22-12-13-23-18)11-14-24(20,21)16-7-5-4-6-8-16/h3-8,15,17,19H,1,9-14H2,2H3/t15-,17-/m0/s1. The number of hydrogen-bond donors (Lipinski definition) is 1. The van der Waals surface area contributed by atoms with Crippen molar-refractivity contribution in [3.05, 3.63) is 43.0 Å². The number of rotatable bonds is 9. The highest BCUT2D eigenvalue weighted by Gasteiger charge is 2.38. The Morgan fingerprint density at radius 3 is 2.46 bits per heavy atom. The van der Waals surface area contributed by atoms with Crippen molar-refractivity contribution in [2.24, 2.45) is 5.92 Å². The average Bonchev–Trinajstić information content (AvgIpc) is 3.07. The van der Waals surface area contributed by atoms with Gasteiger partial charge in [0, 0.05) is 12.8 Å². The number of benzene rings is 1. The maximum atomic E-state index is 12.5. The third kappa shape index (κ3) is 4.89. The summed E-state index contributed by atoms with van der Waals surface area (Å²) in [5, 5.41) is 10.1. The van der Waals surface area contributed by atoms with Gasteiger partial charge in [0.05, 0.1) is 30.0 Å². The van der Waals surface area contributed by atoms with Crippen LogP contribution in [-0.4, -0.2) is 44.4 Å². The first-order chi connectivity index (χ1) is 11.4. The molecular formula is C18H26O5S. The smallest absolute Gasteiger partial charge is 0.178 e. The van der Waals surface area contributed by atoms with E-state index in [4.69, 9.17) is 9.47 Å². The van der Waals surface area contributed by atoms with Crippen LogP contribution in [-0.2, 0) is 19.3 Å². The summed E-state index contributed by atoms with van der Waals surface area (Å²) in [7, 11) is -3.38. The molecule has 1 aliphatic rings. The van der Waals surface area contributed by atoms with Gasteiger partial charge in [0.25, 0.3) is 0 Å². The molecule has 1 saturated heterocycles. The average molecular weight is 354 g/mol. The minimum Gasteiger partial charge on any atom is -0.393 e. The molecule has 0 unspecified atom stereocenters. The van der Waals surface area contributed by atoms with Crippen LogP contribution in [0.3, 0.4) is 0 Å². The van der Waals surface area contributed by atoms with Gasteiger partial charge in [-0.05, 0) is 24.5 Å². The Morgan fingerprint density at radius 1 is 1.25 bits per heavy atom. The largest absolute Gasteiger partial charge is 0.393 e. The van der Waals surface area contributed by atoms with Gasteiger partial charge in [0.2, 0.25) is 0 Å². The molecule has 1 heterocycles. The lowest BCUT2D eigenvalue weighted by atomic mass is 9.97. The summed E-state index contributed by atoms with van der Waals surface area (Å²) < 4.78 is 36.3. The van der Waals surface area contributed by atoms with E-state index in [9.17, 15) is 13.5 Å². The summed E-state index contributed by atoms with van der Waals surface area (Å²) in [5.74, 6) is -1.01. The first-order valence-electron chi connectivity index (χ1n) is 8.25. The van der Waals surface area contributed by atoms with E-state index in [2.05, 4.69) is 6.58 Å². The highest BCUT2D eigenvalue weighted by molar-refractivity contribution is 7.91. The van der Waals surface area contributed by atoms with E-state index in [1.165, 1.54) is 0 Å². The number of hydrogen-bond acceptors (Lipinski definition) is 5. The predicted molar refractivity (Wildman–Crippen MR) is 92.3 cm³/mol. The maximum absolute atomic E-state index is 12.5. The van der Waals surface area contributed by atoms with Crippen LogP contribution < -0.4 is 0 Å². The Hall–Kier alpha value is -1.21. The summed E-state index contributed by atoms with van der Waals surface area (Å²) in [6.45, 7) is 6.45. The monoisotopic (exact) mass is 354 g/mol. The molecular weight excluding hydrogens is 328 g/mol. The summed E-state index contributed by atoms with van der Waals surface area (Å²) in [5.41, 5.74) is 0. The Balaban J connectivity index is 1.99. The van der Waals surface area contributed by atoms with Gasteiger partial charge >= 0.3 is 0 Å². The van der Waals surface area contributed by atoms with Crippen molar-refractivity contribution >= 4 is 9.84 Å². The van der Waals surface area contributed by atoms with Crippen molar-refractivity contribution in [1.82, 2.24) is 0 Å². The van der Waals surface area contributed by atoms with E-state index < -0.39 is 21.7 Å².